The van der Waals surface area contributed by atoms with Crippen molar-refractivity contribution in [1.82, 2.24) is 25.0 Å². The van der Waals surface area contributed by atoms with E-state index in [-0.39, 0.29) is 11.7 Å². The van der Waals surface area contributed by atoms with Gasteiger partial charge in [0.05, 0.1) is 17.1 Å². The first-order chi connectivity index (χ1) is 7.99. The number of carbonyl (C=O) groups excluding carboxylic acids is 1. The lowest BCUT2D eigenvalue weighted by molar-refractivity contribution is 0.101. The van der Waals surface area contributed by atoms with Gasteiger partial charge in [-0.1, -0.05) is 0 Å². The van der Waals surface area contributed by atoms with Crippen LogP contribution in [0.2, 0.25) is 0 Å². The Bertz CT molecular complexity index is 567. The summed E-state index contributed by atoms with van der Waals surface area (Å²) in [5, 5.41) is 13.4. The van der Waals surface area contributed by atoms with Crippen molar-refractivity contribution in [1.29, 1.82) is 0 Å². The highest BCUT2D eigenvalue weighted by molar-refractivity contribution is 6.02. The van der Waals surface area contributed by atoms with Crippen molar-refractivity contribution >= 4 is 11.6 Å². The Labute approximate surface area is 98.2 Å². The molecule has 0 saturated carbocycles. The van der Waals surface area contributed by atoms with Crippen molar-refractivity contribution in [2.75, 3.05) is 5.32 Å². The highest BCUT2D eigenvalue weighted by Crippen LogP contribution is 2.18. The van der Waals surface area contributed by atoms with Crippen LogP contribution < -0.4 is 5.32 Å². The summed E-state index contributed by atoms with van der Waals surface area (Å²) < 4.78 is 1.72. The molecule has 0 saturated heterocycles. The third-order valence-electron chi connectivity index (χ3n) is 2.55. The van der Waals surface area contributed by atoms with Gasteiger partial charge >= 0.3 is 0 Å². The highest BCUT2D eigenvalue weighted by atomic mass is 16.2. The van der Waals surface area contributed by atoms with Gasteiger partial charge in [0, 0.05) is 7.05 Å². The van der Waals surface area contributed by atoms with Crippen LogP contribution in [-0.2, 0) is 7.05 Å². The number of carbonyl (C=O) groups is 1. The predicted octanol–water partition coefficient (Wildman–Crippen LogP) is 0.716. The number of rotatable bonds is 2. The molecule has 2 N–H and O–H groups in total. The van der Waals surface area contributed by atoms with E-state index in [1.807, 2.05) is 20.9 Å². The first kappa shape index (κ1) is 11.3. The second-order valence-corrected chi connectivity index (χ2v) is 3.87. The monoisotopic (exact) mass is 234 g/mol. The first-order valence-electron chi connectivity index (χ1n) is 5.19. The van der Waals surface area contributed by atoms with Crippen LogP contribution in [-0.4, -0.2) is 30.9 Å². The molecule has 17 heavy (non-hydrogen) atoms. The van der Waals surface area contributed by atoms with Crippen LogP contribution in [0.25, 0.3) is 0 Å². The van der Waals surface area contributed by atoms with Gasteiger partial charge in [-0.15, -0.1) is 5.10 Å². The Kier molecular flexibility index (Phi) is 2.66. The molecule has 0 aromatic carbocycles. The number of aromatic amines is 1. The smallest absolute Gasteiger partial charge is 0.295 e. The molecule has 0 unspecified atom stereocenters. The molecule has 1 amide bonds. The van der Waals surface area contributed by atoms with Crippen LogP contribution in [0, 0.1) is 20.8 Å². The second-order valence-electron chi connectivity index (χ2n) is 3.87. The average molecular weight is 234 g/mol. The second kappa shape index (κ2) is 4.00. The first-order valence-corrected chi connectivity index (χ1v) is 5.19. The van der Waals surface area contributed by atoms with E-state index in [4.69, 9.17) is 0 Å². The fourth-order valence-electron chi connectivity index (χ4n) is 1.57. The summed E-state index contributed by atoms with van der Waals surface area (Å²) in [7, 11) is 1.83. The van der Waals surface area contributed by atoms with Crippen LogP contribution in [0.4, 0.5) is 5.69 Å². The topological polar surface area (TPSA) is 88.5 Å². The Morgan fingerprint density at radius 2 is 2.06 bits per heavy atom. The molecule has 0 aliphatic heterocycles. The van der Waals surface area contributed by atoms with E-state index in [0.717, 1.165) is 11.4 Å². The predicted molar refractivity (Wildman–Crippen MR) is 61.8 cm³/mol. The molecule has 90 valence electrons. The van der Waals surface area contributed by atoms with Crippen molar-refractivity contribution in [2.45, 2.75) is 20.8 Å². The van der Waals surface area contributed by atoms with Crippen LogP contribution >= 0.6 is 0 Å². The zero-order chi connectivity index (χ0) is 12.6. The number of anilines is 1. The van der Waals surface area contributed by atoms with E-state index in [9.17, 15) is 4.79 Å². The molecular weight excluding hydrogens is 220 g/mol. The molecule has 2 aromatic heterocycles. The molecular formula is C10H14N6O. The summed E-state index contributed by atoms with van der Waals surface area (Å²) in [6.07, 6.45) is 0. The van der Waals surface area contributed by atoms with Gasteiger partial charge in [0.1, 0.15) is 5.82 Å². The number of aryl methyl sites for hydroxylation is 3. The molecule has 0 fully saturated rings. The van der Waals surface area contributed by atoms with Gasteiger partial charge in [-0.05, 0) is 20.8 Å². The molecule has 0 aliphatic carbocycles. The standard InChI is InChI=1S/C10H14N6O/c1-5-8(6(2)16(4)15-5)12-10(17)9-11-7(3)13-14-9/h1-4H3,(H,12,17)(H,11,13,14). The fourth-order valence-corrected chi connectivity index (χ4v) is 1.57. The number of hydrogen-bond donors (Lipinski definition) is 2. The largest absolute Gasteiger partial charge is 0.316 e. The quantitative estimate of drug-likeness (QED) is 0.801. The highest BCUT2D eigenvalue weighted by Gasteiger charge is 2.16. The summed E-state index contributed by atoms with van der Waals surface area (Å²) >= 11 is 0. The van der Waals surface area contributed by atoms with Gasteiger partial charge in [0.2, 0.25) is 5.82 Å². The molecule has 7 nitrogen and oxygen atoms in total. The lowest BCUT2D eigenvalue weighted by Crippen LogP contribution is -2.15. The van der Waals surface area contributed by atoms with Gasteiger partial charge in [0.25, 0.3) is 5.91 Å². The lowest BCUT2D eigenvalue weighted by atomic mass is 10.3. The Balaban J connectivity index is 2.24. The Morgan fingerprint density at radius 1 is 1.35 bits per heavy atom. The van der Waals surface area contributed by atoms with Crippen LogP contribution in [0.5, 0.6) is 0 Å². The number of hydrogen-bond acceptors (Lipinski definition) is 4. The maximum absolute atomic E-state index is 11.8. The summed E-state index contributed by atoms with van der Waals surface area (Å²) in [6.45, 7) is 5.47. The molecule has 0 radical (unpaired) electrons. The minimum Gasteiger partial charge on any atom is -0.316 e. The maximum atomic E-state index is 11.8. The minimum atomic E-state index is -0.339. The molecule has 2 rings (SSSR count). The van der Waals surface area contributed by atoms with Crippen molar-refractivity contribution in [3.63, 3.8) is 0 Å². The van der Waals surface area contributed by atoms with Crippen molar-refractivity contribution in [3.05, 3.63) is 23.0 Å². The molecule has 2 heterocycles. The zero-order valence-corrected chi connectivity index (χ0v) is 10.2. The van der Waals surface area contributed by atoms with Crippen LogP contribution in [0.3, 0.4) is 0 Å². The van der Waals surface area contributed by atoms with Gasteiger partial charge in [-0.3, -0.25) is 14.6 Å². The number of nitrogens with one attached hydrogen (secondary N) is 2. The van der Waals surface area contributed by atoms with Crippen LogP contribution in [0.15, 0.2) is 0 Å². The number of amides is 1. The van der Waals surface area contributed by atoms with Crippen LogP contribution in [0.1, 0.15) is 27.8 Å². The molecule has 0 atom stereocenters. The van der Waals surface area contributed by atoms with Crippen molar-refractivity contribution < 1.29 is 4.79 Å². The maximum Gasteiger partial charge on any atom is 0.295 e. The van der Waals surface area contributed by atoms with Gasteiger partial charge in [-0.25, -0.2) is 4.98 Å². The van der Waals surface area contributed by atoms with E-state index in [0.29, 0.717) is 11.5 Å². The summed E-state index contributed by atoms with van der Waals surface area (Å²) in [4.78, 5) is 15.8. The third-order valence-corrected chi connectivity index (χ3v) is 2.55. The number of nitrogens with zero attached hydrogens (tertiary/aromatic N) is 4. The van der Waals surface area contributed by atoms with E-state index < -0.39 is 0 Å². The lowest BCUT2D eigenvalue weighted by Gasteiger charge is -2.02. The molecule has 7 heteroatoms. The SMILES string of the molecule is Cc1nc(C(=O)Nc2c(C)nn(C)c2C)n[nH]1. The number of aromatic nitrogens is 5. The fraction of sp³-hybridized carbons (Fsp3) is 0.400. The molecule has 0 aliphatic rings. The van der Waals surface area contributed by atoms with E-state index >= 15 is 0 Å². The third kappa shape index (κ3) is 2.03. The summed E-state index contributed by atoms with van der Waals surface area (Å²) in [5.74, 6) is 0.397. The van der Waals surface area contributed by atoms with Gasteiger partial charge < -0.3 is 5.32 Å². The Hall–Kier alpha value is -2.18. The van der Waals surface area contributed by atoms with Crippen molar-refractivity contribution in [3.8, 4) is 0 Å². The minimum absolute atomic E-state index is 0.130. The Morgan fingerprint density at radius 3 is 2.53 bits per heavy atom. The zero-order valence-electron chi connectivity index (χ0n) is 10.2. The van der Waals surface area contributed by atoms with E-state index in [2.05, 4.69) is 25.6 Å². The normalized spacial score (nSPS) is 10.6. The molecule has 0 bridgehead atoms. The van der Waals surface area contributed by atoms with Gasteiger partial charge in [0.15, 0.2) is 0 Å². The summed E-state index contributed by atoms with van der Waals surface area (Å²) in [6, 6.07) is 0. The van der Waals surface area contributed by atoms with E-state index in [1.54, 1.807) is 11.6 Å². The molecule has 2 aromatic rings. The average Bonchev–Trinajstić information content (AvgIpc) is 2.79. The molecule has 0 spiro atoms. The number of H-pyrrole nitrogens is 1. The summed E-state index contributed by atoms with van der Waals surface area (Å²) in [5.41, 5.74) is 2.37. The van der Waals surface area contributed by atoms with Gasteiger partial charge in [-0.2, -0.15) is 5.10 Å². The van der Waals surface area contributed by atoms with Crippen molar-refractivity contribution in [2.24, 2.45) is 7.05 Å². The van der Waals surface area contributed by atoms with E-state index in [1.165, 1.54) is 0 Å².